The Morgan fingerprint density at radius 2 is 1.61 bits per heavy atom. The van der Waals surface area contributed by atoms with Crippen molar-refractivity contribution in [1.29, 1.82) is 0 Å². The highest BCUT2D eigenvalue weighted by molar-refractivity contribution is 5.84. The molecule has 2 bridgehead atoms. The highest BCUT2D eigenvalue weighted by Gasteiger charge is 2.56. The van der Waals surface area contributed by atoms with Crippen LogP contribution in [-0.4, -0.2) is 77.3 Å². The van der Waals surface area contributed by atoms with E-state index in [-0.39, 0.29) is 74.1 Å². The number of hydrazine groups is 1. The fourth-order valence-electron chi connectivity index (χ4n) is 8.47. The van der Waals surface area contributed by atoms with E-state index in [0.717, 1.165) is 28.8 Å². The van der Waals surface area contributed by atoms with Crippen molar-refractivity contribution in [3.63, 3.8) is 0 Å². The molecule has 3 aromatic rings. The number of nitrogens with zero attached hydrogens (tertiary/aromatic N) is 2. The zero-order chi connectivity index (χ0) is 39.8. The number of fused-ring (bicyclic) bond motifs is 1. The molecule has 3 fully saturated rings. The molecule has 3 heterocycles. The Labute approximate surface area is 331 Å². The SMILES string of the molecule is CCC(CC)OC(=O)C[C@H](C(=O)NN(Cc1ccc(-c2ccccn2)cc1)C[C@H](O)[C@@H](CC(=O)OC1C2COC3OCC1C3C2)Cc1ccccc1)C(C)(C)C. The summed E-state index contributed by atoms with van der Waals surface area (Å²) in [5.74, 6) is -1.85. The summed E-state index contributed by atoms with van der Waals surface area (Å²) in [6.45, 7) is 11.0. The number of hydrogen-bond donors (Lipinski definition) is 2. The molecule has 3 aliphatic rings. The fourth-order valence-corrected chi connectivity index (χ4v) is 8.47. The smallest absolute Gasteiger partial charge is 0.306 e. The number of aliphatic hydroxyl groups excluding tert-OH is 1. The maximum absolute atomic E-state index is 14.2. The Morgan fingerprint density at radius 1 is 0.893 bits per heavy atom. The van der Waals surface area contributed by atoms with Crippen molar-refractivity contribution in [2.45, 2.75) is 104 Å². The van der Waals surface area contributed by atoms with E-state index in [1.54, 1.807) is 11.2 Å². The van der Waals surface area contributed by atoms with Crippen molar-refractivity contribution in [2.75, 3.05) is 19.8 Å². The molecule has 2 N–H and O–H groups in total. The first-order chi connectivity index (χ1) is 26.9. The van der Waals surface area contributed by atoms with Crippen molar-refractivity contribution in [1.82, 2.24) is 15.4 Å². The van der Waals surface area contributed by atoms with E-state index in [1.807, 2.05) is 107 Å². The van der Waals surface area contributed by atoms with Gasteiger partial charge in [0.2, 0.25) is 5.91 Å². The Morgan fingerprint density at radius 3 is 2.29 bits per heavy atom. The van der Waals surface area contributed by atoms with Crippen molar-refractivity contribution in [3.05, 3.63) is 90.1 Å². The molecule has 8 atom stereocenters. The minimum Gasteiger partial charge on any atom is -0.462 e. The number of pyridine rings is 1. The predicted molar refractivity (Wildman–Crippen MR) is 211 cm³/mol. The lowest BCUT2D eigenvalue weighted by atomic mass is 9.78. The fraction of sp³-hybridized carbons (Fsp3) is 0.556. The van der Waals surface area contributed by atoms with Gasteiger partial charge in [0.1, 0.15) is 12.2 Å². The summed E-state index contributed by atoms with van der Waals surface area (Å²) in [5.41, 5.74) is 6.18. The number of esters is 2. The molecule has 2 aromatic carbocycles. The number of aliphatic hydroxyl groups is 1. The van der Waals surface area contributed by atoms with Crippen LogP contribution in [0.15, 0.2) is 79.0 Å². The Balaban J connectivity index is 1.21. The summed E-state index contributed by atoms with van der Waals surface area (Å²) < 4.78 is 23.6. The van der Waals surface area contributed by atoms with Crippen molar-refractivity contribution >= 4 is 17.8 Å². The topological polar surface area (TPSA) is 137 Å². The lowest BCUT2D eigenvalue weighted by molar-refractivity contribution is -0.178. The standard InChI is InChI=1S/C45H59N3O8/c1-6-34(7-2)55-41(51)24-37(45(3,4)5)43(52)47-48(25-30-16-18-31(19-17-30)38-15-11-12-20-46-38)26-39(49)32(21-29-13-9-8-10-14-29)23-40(50)56-42-33-22-35-36(42)28-54-44(35)53-27-33/h8-20,32-37,39,42,44,49H,6-7,21-28H2,1-5H3,(H,47,52)/t32-,33?,35?,36?,37-,39+,42?,44?/m1/s1. The number of aromatic nitrogens is 1. The maximum Gasteiger partial charge on any atom is 0.306 e. The third-order valence-electron chi connectivity index (χ3n) is 11.8. The van der Waals surface area contributed by atoms with E-state index in [0.29, 0.717) is 32.5 Å². The predicted octanol–water partition coefficient (Wildman–Crippen LogP) is 6.53. The van der Waals surface area contributed by atoms with Gasteiger partial charge in [-0.2, -0.15) is 0 Å². The average molecular weight is 770 g/mol. The van der Waals surface area contributed by atoms with Gasteiger partial charge in [-0.25, -0.2) is 5.01 Å². The van der Waals surface area contributed by atoms with Crippen LogP contribution in [0, 0.1) is 35.0 Å². The van der Waals surface area contributed by atoms with Gasteiger partial charge in [0.05, 0.1) is 43.8 Å². The molecule has 1 aliphatic carbocycles. The number of hydrogen-bond acceptors (Lipinski definition) is 10. The Kier molecular flexibility index (Phi) is 14.0. The second-order valence-corrected chi connectivity index (χ2v) is 16.9. The van der Waals surface area contributed by atoms with Crippen LogP contribution in [0.5, 0.6) is 0 Å². The highest BCUT2D eigenvalue weighted by Crippen LogP contribution is 2.49. The Bertz CT molecular complexity index is 1730. The molecule has 56 heavy (non-hydrogen) atoms. The van der Waals surface area contributed by atoms with Gasteiger partial charge in [0.25, 0.3) is 0 Å². The molecule has 0 spiro atoms. The number of ether oxygens (including phenoxy) is 4. The zero-order valence-corrected chi connectivity index (χ0v) is 33.5. The van der Waals surface area contributed by atoms with E-state index < -0.39 is 29.3 Å². The molecular weight excluding hydrogens is 711 g/mol. The second kappa shape index (κ2) is 18.9. The average Bonchev–Trinajstić information content (AvgIpc) is 3.72. The van der Waals surface area contributed by atoms with Crippen LogP contribution in [0.25, 0.3) is 11.3 Å². The molecule has 5 unspecified atom stereocenters. The van der Waals surface area contributed by atoms with Crippen molar-refractivity contribution in [2.24, 2.45) is 35.0 Å². The monoisotopic (exact) mass is 769 g/mol. The van der Waals surface area contributed by atoms with Gasteiger partial charge in [-0.3, -0.25) is 24.8 Å². The van der Waals surface area contributed by atoms with Gasteiger partial charge in [-0.15, -0.1) is 0 Å². The summed E-state index contributed by atoms with van der Waals surface area (Å²) in [7, 11) is 0. The molecular formula is C45H59N3O8. The summed E-state index contributed by atoms with van der Waals surface area (Å²) >= 11 is 0. The van der Waals surface area contributed by atoms with Gasteiger partial charge < -0.3 is 24.1 Å². The number of carbonyl (C=O) groups excluding carboxylic acids is 3. The van der Waals surface area contributed by atoms with Crippen LogP contribution in [0.4, 0.5) is 0 Å². The van der Waals surface area contributed by atoms with Crippen LogP contribution in [-0.2, 0) is 46.3 Å². The lowest BCUT2D eigenvalue weighted by Gasteiger charge is -2.34. The number of benzene rings is 2. The first-order valence-corrected chi connectivity index (χ1v) is 20.3. The van der Waals surface area contributed by atoms with Crippen LogP contribution in [0.3, 0.4) is 0 Å². The third-order valence-corrected chi connectivity index (χ3v) is 11.8. The Hall–Kier alpha value is -4.16. The number of rotatable bonds is 18. The molecule has 1 aromatic heterocycles. The molecule has 302 valence electrons. The molecule has 0 radical (unpaired) electrons. The van der Waals surface area contributed by atoms with E-state index in [1.165, 1.54) is 0 Å². The first-order valence-electron chi connectivity index (χ1n) is 20.3. The molecule has 11 nitrogen and oxygen atoms in total. The normalized spacial score (nSPS) is 23.1. The highest BCUT2D eigenvalue weighted by atomic mass is 16.7. The second-order valence-electron chi connectivity index (χ2n) is 16.9. The van der Waals surface area contributed by atoms with Crippen LogP contribution >= 0.6 is 0 Å². The van der Waals surface area contributed by atoms with Crippen molar-refractivity contribution in [3.8, 4) is 11.3 Å². The summed E-state index contributed by atoms with van der Waals surface area (Å²) in [6, 6.07) is 23.4. The van der Waals surface area contributed by atoms with E-state index >= 15 is 0 Å². The molecule has 6 rings (SSSR count). The van der Waals surface area contributed by atoms with Gasteiger partial charge in [0.15, 0.2) is 6.29 Å². The largest absolute Gasteiger partial charge is 0.462 e. The van der Waals surface area contributed by atoms with Gasteiger partial charge in [0, 0.05) is 48.5 Å². The molecule has 1 amide bonds. The number of carbonyl (C=O) groups is 3. The van der Waals surface area contributed by atoms with Crippen LogP contribution < -0.4 is 5.43 Å². The zero-order valence-electron chi connectivity index (χ0n) is 33.5. The number of nitrogens with one attached hydrogen (secondary N) is 1. The number of amides is 1. The third kappa shape index (κ3) is 10.6. The summed E-state index contributed by atoms with van der Waals surface area (Å²) in [4.78, 5) is 45.5. The van der Waals surface area contributed by atoms with Gasteiger partial charge >= 0.3 is 11.9 Å². The first kappa shape index (κ1) is 41.5. The molecule has 1 saturated carbocycles. The quantitative estimate of drug-likeness (QED) is 0.109. The summed E-state index contributed by atoms with van der Waals surface area (Å²) in [6.07, 6.45) is 2.69. The van der Waals surface area contributed by atoms with E-state index in [2.05, 4.69) is 10.4 Å². The summed E-state index contributed by atoms with van der Waals surface area (Å²) in [5, 5.41) is 13.8. The maximum atomic E-state index is 14.2. The van der Waals surface area contributed by atoms with E-state index in [4.69, 9.17) is 18.9 Å². The van der Waals surface area contributed by atoms with Crippen LogP contribution in [0.2, 0.25) is 0 Å². The molecule has 2 saturated heterocycles. The minimum atomic E-state index is -1.03. The lowest BCUT2D eigenvalue weighted by Crippen LogP contribution is -2.51. The molecule has 2 aliphatic heterocycles. The molecule has 11 heteroatoms. The van der Waals surface area contributed by atoms with Crippen molar-refractivity contribution < 1.29 is 38.4 Å². The van der Waals surface area contributed by atoms with E-state index in [9.17, 15) is 19.5 Å². The van der Waals surface area contributed by atoms with Gasteiger partial charge in [-0.1, -0.05) is 95.3 Å². The van der Waals surface area contributed by atoms with Crippen LogP contribution in [0.1, 0.15) is 77.8 Å². The van der Waals surface area contributed by atoms with Gasteiger partial charge in [-0.05, 0) is 54.4 Å². The minimum absolute atomic E-state index is 0.00511.